The largest absolute Gasteiger partial charge is 0.351 e. The van der Waals surface area contributed by atoms with Gasteiger partial charge in [-0.05, 0) is 48.7 Å². The van der Waals surface area contributed by atoms with Crippen molar-refractivity contribution in [1.82, 2.24) is 9.62 Å². The van der Waals surface area contributed by atoms with Crippen LogP contribution in [0.25, 0.3) is 0 Å². The number of aryl methyl sites for hydroxylation is 1. The number of hydrogen-bond donors (Lipinski definition) is 1. The highest BCUT2D eigenvalue weighted by Gasteiger charge is 2.26. The van der Waals surface area contributed by atoms with Gasteiger partial charge in [-0.3, -0.25) is 4.79 Å². The number of carbonyl (C=O) groups is 1. The van der Waals surface area contributed by atoms with E-state index < -0.39 is 10.0 Å². The fourth-order valence-corrected chi connectivity index (χ4v) is 4.58. The Kier molecular flexibility index (Phi) is 7.85. The maximum Gasteiger partial charge on any atom is 0.243 e. The standard InChI is InChI=1S/C24H25ClN2O3S/c1-19-7-13-23(14-8-19)31(29,30)27(16-15-20-5-3-2-4-6-20)18-24(28)26-17-21-9-11-22(25)12-10-21/h2-14H,15-18H2,1H3,(H,26,28). The number of benzene rings is 3. The van der Waals surface area contributed by atoms with E-state index in [9.17, 15) is 13.2 Å². The zero-order chi connectivity index (χ0) is 22.3. The van der Waals surface area contributed by atoms with Crippen LogP contribution < -0.4 is 5.32 Å². The van der Waals surface area contributed by atoms with Crippen LogP contribution in [0, 0.1) is 6.92 Å². The number of carbonyl (C=O) groups excluding carboxylic acids is 1. The predicted octanol–water partition coefficient (Wildman–Crippen LogP) is 4.20. The molecule has 0 radical (unpaired) electrons. The number of rotatable bonds is 9. The second-order valence-electron chi connectivity index (χ2n) is 7.29. The van der Waals surface area contributed by atoms with Crippen molar-refractivity contribution in [3.05, 3.63) is 101 Å². The summed E-state index contributed by atoms with van der Waals surface area (Å²) in [5.41, 5.74) is 2.86. The maximum absolute atomic E-state index is 13.2. The van der Waals surface area contributed by atoms with Crippen molar-refractivity contribution in [1.29, 1.82) is 0 Å². The van der Waals surface area contributed by atoms with E-state index in [-0.39, 0.29) is 23.9 Å². The minimum atomic E-state index is -3.82. The Morgan fingerprint density at radius 2 is 1.55 bits per heavy atom. The van der Waals surface area contributed by atoms with Gasteiger partial charge in [0.15, 0.2) is 0 Å². The van der Waals surface area contributed by atoms with Gasteiger partial charge < -0.3 is 5.32 Å². The third-order valence-electron chi connectivity index (χ3n) is 4.87. The molecule has 3 aromatic carbocycles. The lowest BCUT2D eigenvalue weighted by Crippen LogP contribution is -2.41. The lowest BCUT2D eigenvalue weighted by molar-refractivity contribution is -0.121. The predicted molar refractivity (Wildman–Crippen MR) is 123 cm³/mol. The van der Waals surface area contributed by atoms with Gasteiger partial charge in [0.25, 0.3) is 0 Å². The summed E-state index contributed by atoms with van der Waals surface area (Å²) >= 11 is 5.89. The van der Waals surface area contributed by atoms with Gasteiger partial charge in [-0.2, -0.15) is 4.31 Å². The van der Waals surface area contributed by atoms with Crippen molar-refractivity contribution >= 4 is 27.5 Å². The molecule has 31 heavy (non-hydrogen) atoms. The van der Waals surface area contributed by atoms with Crippen molar-refractivity contribution in [2.45, 2.75) is 24.8 Å². The van der Waals surface area contributed by atoms with Crippen LogP contribution in [0.15, 0.2) is 83.8 Å². The molecule has 0 aliphatic rings. The van der Waals surface area contributed by atoms with Crippen LogP contribution in [0.5, 0.6) is 0 Å². The molecule has 0 atom stereocenters. The van der Waals surface area contributed by atoms with Crippen molar-refractivity contribution in [2.24, 2.45) is 0 Å². The minimum Gasteiger partial charge on any atom is -0.351 e. The number of hydrogen-bond acceptors (Lipinski definition) is 3. The zero-order valence-corrected chi connectivity index (χ0v) is 18.9. The van der Waals surface area contributed by atoms with E-state index in [1.165, 1.54) is 4.31 Å². The number of amides is 1. The Bertz CT molecular complexity index is 1100. The molecule has 5 nitrogen and oxygen atoms in total. The van der Waals surface area contributed by atoms with Crippen LogP contribution >= 0.6 is 11.6 Å². The van der Waals surface area contributed by atoms with Crippen molar-refractivity contribution in [3.63, 3.8) is 0 Å². The first-order chi connectivity index (χ1) is 14.8. The molecule has 0 saturated carbocycles. The molecule has 7 heteroatoms. The van der Waals surface area contributed by atoms with Gasteiger partial charge in [-0.15, -0.1) is 0 Å². The quantitative estimate of drug-likeness (QED) is 0.524. The van der Waals surface area contributed by atoms with Gasteiger partial charge in [-0.25, -0.2) is 8.42 Å². The molecule has 0 aromatic heterocycles. The average molecular weight is 457 g/mol. The average Bonchev–Trinajstić information content (AvgIpc) is 2.77. The Morgan fingerprint density at radius 3 is 2.19 bits per heavy atom. The summed E-state index contributed by atoms with van der Waals surface area (Å²) in [4.78, 5) is 12.8. The summed E-state index contributed by atoms with van der Waals surface area (Å²) in [7, 11) is -3.82. The third-order valence-corrected chi connectivity index (χ3v) is 6.99. The van der Waals surface area contributed by atoms with Crippen LogP contribution in [-0.2, 0) is 27.8 Å². The van der Waals surface area contributed by atoms with E-state index in [0.29, 0.717) is 18.0 Å². The molecule has 0 aliphatic heterocycles. The normalized spacial score (nSPS) is 11.5. The van der Waals surface area contributed by atoms with Gasteiger partial charge in [0, 0.05) is 18.1 Å². The van der Waals surface area contributed by atoms with Gasteiger partial charge in [0.2, 0.25) is 15.9 Å². The van der Waals surface area contributed by atoms with Gasteiger partial charge in [0.1, 0.15) is 0 Å². The SMILES string of the molecule is Cc1ccc(S(=O)(=O)N(CCc2ccccc2)CC(=O)NCc2ccc(Cl)cc2)cc1. The molecule has 3 aromatic rings. The molecule has 1 N–H and O–H groups in total. The van der Waals surface area contributed by atoms with Crippen LogP contribution in [0.3, 0.4) is 0 Å². The summed E-state index contributed by atoms with van der Waals surface area (Å²) < 4.78 is 27.7. The summed E-state index contributed by atoms with van der Waals surface area (Å²) in [5, 5.41) is 3.41. The smallest absolute Gasteiger partial charge is 0.243 e. The van der Waals surface area contributed by atoms with Gasteiger partial charge >= 0.3 is 0 Å². The third kappa shape index (κ3) is 6.66. The first-order valence-corrected chi connectivity index (χ1v) is 11.8. The summed E-state index contributed by atoms with van der Waals surface area (Å²) in [5.74, 6) is -0.362. The molecular formula is C24H25ClN2O3S. The molecule has 1 amide bonds. The van der Waals surface area contributed by atoms with Crippen molar-refractivity contribution in [2.75, 3.05) is 13.1 Å². The van der Waals surface area contributed by atoms with E-state index in [0.717, 1.165) is 16.7 Å². The number of halogens is 1. The summed E-state index contributed by atoms with van der Waals surface area (Å²) in [6.45, 7) is 2.14. The molecule has 0 spiro atoms. The minimum absolute atomic E-state index is 0.177. The monoisotopic (exact) mass is 456 g/mol. The maximum atomic E-state index is 13.2. The van der Waals surface area contributed by atoms with E-state index >= 15 is 0 Å². The molecule has 162 valence electrons. The van der Waals surface area contributed by atoms with Crippen molar-refractivity contribution in [3.8, 4) is 0 Å². The first-order valence-electron chi connectivity index (χ1n) is 9.96. The highest BCUT2D eigenvalue weighted by molar-refractivity contribution is 7.89. The number of nitrogens with one attached hydrogen (secondary N) is 1. The Balaban J connectivity index is 1.73. The zero-order valence-electron chi connectivity index (χ0n) is 17.3. The van der Waals surface area contributed by atoms with Gasteiger partial charge in [-0.1, -0.05) is 71.8 Å². The Labute approximate surface area is 188 Å². The van der Waals surface area contributed by atoms with Gasteiger partial charge in [0.05, 0.1) is 11.4 Å². The topological polar surface area (TPSA) is 66.5 Å². The Hall–Kier alpha value is -2.67. The van der Waals surface area contributed by atoms with E-state index in [4.69, 9.17) is 11.6 Å². The fraction of sp³-hybridized carbons (Fsp3) is 0.208. The van der Waals surface area contributed by atoms with E-state index in [1.54, 1.807) is 36.4 Å². The van der Waals surface area contributed by atoms with Crippen molar-refractivity contribution < 1.29 is 13.2 Å². The lowest BCUT2D eigenvalue weighted by atomic mass is 10.1. The summed E-state index contributed by atoms with van der Waals surface area (Å²) in [6.07, 6.45) is 0.510. The molecule has 0 saturated heterocycles. The molecular weight excluding hydrogens is 432 g/mol. The molecule has 0 fully saturated rings. The molecule has 0 heterocycles. The molecule has 3 rings (SSSR count). The van der Waals surface area contributed by atoms with Crippen LogP contribution in [0.2, 0.25) is 5.02 Å². The highest BCUT2D eigenvalue weighted by Crippen LogP contribution is 2.17. The highest BCUT2D eigenvalue weighted by atomic mass is 35.5. The summed E-state index contributed by atoms with van der Waals surface area (Å²) in [6, 6.07) is 23.4. The second-order valence-corrected chi connectivity index (χ2v) is 9.66. The second kappa shape index (κ2) is 10.6. The van der Waals surface area contributed by atoms with Crippen LogP contribution in [-0.4, -0.2) is 31.7 Å². The fourth-order valence-electron chi connectivity index (χ4n) is 3.06. The Morgan fingerprint density at radius 1 is 0.903 bits per heavy atom. The van der Waals surface area contributed by atoms with Crippen LogP contribution in [0.4, 0.5) is 0 Å². The molecule has 0 bridgehead atoms. The number of nitrogens with zero attached hydrogens (tertiary/aromatic N) is 1. The lowest BCUT2D eigenvalue weighted by Gasteiger charge is -2.22. The number of sulfonamides is 1. The van der Waals surface area contributed by atoms with E-state index in [1.807, 2.05) is 49.4 Å². The molecule has 0 unspecified atom stereocenters. The molecule has 0 aliphatic carbocycles. The van der Waals surface area contributed by atoms with E-state index in [2.05, 4.69) is 5.32 Å². The first kappa shape index (κ1) is 23.0. The van der Waals surface area contributed by atoms with Crippen LogP contribution in [0.1, 0.15) is 16.7 Å².